The third-order valence-electron chi connectivity index (χ3n) is 7.01. The molecule has 1 saturated heterocycles. The smallest absolute Gasteiger partial charge is 0.290 e. The first-order valence-electron chi connectivity index (χ1n) is 12.4. The zero-order valence-electron chi connectivity index (χ0n) is 20.4. The highest BCUT2D eigenvalue weighted by atomic mass is 79.9. The minimum absolute atomic E-state index is 0.0340. The van der Waals surface area contributed by atoms with Crippen LogP contribution in [-0.4, -0.2) is 54.0 Å². The van der Waals surface area contributed by atoms with Gasteiger partial charge in [-0.1, -0.05) is 28.1 Å². The lowest BCUT2D eigenvalue weighted by Gasteiger charge is -2.29. The molecule has 188 valence electrons. The highest BCUT2D eigenvalue weighted by Gasteiger charge is 2.45. The van der Waals surface area contributed by atoms with Crippen LogP contribution in [0.3, 0.4) is 0 Å². The van der Waals surface area contributed by atoms with Gasteiger partial charge in [-0.15, -0.1) is 0 Å². The highest BCUT2D eigenvalue weighted by molar-refractivity contribution is 9.10. The molecule has 36 heavy (non-hydrogen) atoms. The summed E-state index contributed by atoms with van der Waals surface area (Å²) in [4.78, 5) is 30.8. The summed E-state index contributed by atoms with van der Waals surface area (Å²) >= 11 is 3.44. The van der Waals surface area contributed by atoms with E-state index in [9.17, 15) is 14.7 Å². The number of hydrogen-bond acceptors (Lipinski definition) is 6. The Bertz CT molecular complexity index is 1320. The average Bonchev–Trinajstić information content (AvgIpc) is 3.60. The van der Waals surface area contributed by atoms with E-state index in [1.54, 1.807) is 17.0 Å². The number of benzene rings is 2. The zero-order chi connectivity index (χ0) is 25.4. The van der Waals surface area contributed by atoms with Crippen LogP contribution in [0, 0.1) is 0 Å². The molecule has 2 atom stereocenters. The predicted molar refractivity (Wildman–Crippen MR) is 141 cm³/mol. The molecule has 0 aliphatic carbocycles. The average molecular weight is 553 g/mol. The van der Waals surface area contributed by atoms with Crippen LogP contribution in [0.15, 0.2) is 68.8 Å². The number of ether oxygens (including phenoxy) is 1. The van der Waals surface area contributed by atoms with Crippen molar-refractivity contribution >= 4 is 44.3 Å². The van der Waals surface area contributed by atoms with Gasteiger partial charge in [-0.25, -0.2) is 0 Å². The summed E-state index contributed by atoms with van der Waals surface area (Å²) in [5.41, 5.74) is 2.40. The maximum atomic E-state index is 13.8. The van der Waals surface area contributed by atoms with E-state index >= 15 is 0 Å². The molecule has 8 heteroatoms. The van der Waals surface area contributed by atoms with Crippen LogP contribution < -0.4 is 4.90 Å². The van der Waals surface area contributed by atoms with Crippen molar-refractivity contribution < 1.29 is 23.8 Å². The van der Waals surface area contributed by atoms with E-state index < -0.39 is 23.5 Å². The molecule has 2 aliphatic heterocycles. The van der Waals surface area contributed by atoms with Gasteiger partial charge in [-0.3, -0.25) is 9.59 Å². The summed E-state index contributed by atoms with van der Waals surface area (Å²) in [7, 11) is 0. The lowest BCUT2D eigenvalue weighted by Crippen LogP contribution is -2.37. The number of aliphatic hydroxyl groups is 1. The summed E-state index contributed by atoms with van der Waals surface area (Å²) in [6.07, 6.45) is 1.63. The molecule has 2 aromatic carbocycles. The molecule has 0 radical (unpaired) electrons. The van der Waals surface area contributed by atoms with Gasteiger partial charge < -0.3 is 24.1 Å². The number of carbonyl (C=O) groups is 2. The minimum Gasteiger partial charge on any atom is -0.503 e. The van der Waals surface area contributed by atoms with Crippen LogP contribution in [-0.2, 0) is 9.53 Å². The normalized spacial score (nSPS) is 20.1. The number of fused-ring (bicyclic) bond motifs is 1. The van der Waals surface area contributed by atoms with E-state index in [0.717, 1.165) is 47.0 Å². The first kappa shape index (κ1) is 24.6. The van der Waals surface area contributed by atoms with Crippen molar-refractivity contribution in [1.82, 2.24) is 4.90 Å². The van der Waals surface area contributed by atoms with E-state index in [1.807, 2.05) is 36.4 Å². The fourth-order valence-corrected chi connectivity index (χ4v) is 5.52. The standard InChI is InChI=1S/C28H29BrN2O5/c1-3-30(4-2)20-10-7-17(8-11-20)25-24(27(33)28(34)31(25)16-21-6-5-13-35-21)26(32)23-15-18-14-19(29)9-12-22(18)36-23/h7-12,14-15,21,25,33H,3-6,13,16H2,1-2H3. The van der Waals surface area contributed by atoms with E-state index in [0.29, 0.717) is 18.7 Å². The summed E-state index contributed by atoms with van der Waals surface area (Å²) in [5.74, 6) is -1.51. The maximum absolute atomic E-state index is 13.8. The Hall–Kier alpha value is -3.10. The van der Waals surface area contributed by atoms with Crippen molar-refractivity contribution in [3.05, 3.63) is 75.7 Å². The van der Waals surface area contributed by atoms with E-state index in [2.05, 4.69) is 34.7 Å². The van der Waals surface area contributed by atoms with Gasteiger partial charge in [0.05, 0.1) is 17.7 Å². The van der Waals surface area contributed by atoms with Crippen LogP contribution >= 0.6 is 15.9 Å². The Morgan fingerprint density at radius 2 is 1.89 bits per heavy atom. The van der Waals surface area contributed by atoms with E-state index in [4.69, 9.17) is 9.15 Å². The number of amides is 1. The molecule has 1 N–H and O–H groups in total. The molecule has 0 bridgehead atoms. The summed E-state index contributed by atoms with van der Waals surface area (Å²) in [5, 5.41) is 11.7. The largest absolute Gasteiger partial charge is 0.503 e. The number of ketones is 1. The van der Waals surface area contributed by atoms with Crippen molar-refractivity contribution in [2.75, 3.05) is 31.1 Å². The third kappa shape index (κ3) is 4.44. The van der Waals surface area contributed by atoms with Gasteiger partial charge in [0.2, 0.25) is 5.78 Å². The zero-order valence-corrected chi connectivity index (χ0v) is 22.0. The minimum atomic E-state index is -0.736. The molecule has 7 nitrogen and oxygen atoms in total. The van der Waals surface area contributed by atoms with E-state index in [-0.39, 0.29) is 17.4 Å². The molecule has 2 unspecified atom stereocenters. The number of carbonyl (C=O) groups excluding carboxylic acids is 2. The van der Waals surface area contributed by atoms with E-state index in [1.165, 1.54) is 0 Å². The van der Waals surface area contributed by atoms with Crippen molar-refractivity contribution in [3.63, 3.8) is 0 Å². The SMILES string of the molecule is CCN(CC)c1ccc(C2C(C(=O)c3cc4cc(Br)ccc4o3)=C(O)C(=O)N2CC2CCCO2)cc1. The highest BCUT2D eigenvalue weighted by Crippen LogP contribution is 2.41. The van der Waals surface area contributed by atoms with Gasteiger partial charge >= 0.3 is 0 Å². The molecule has 3 aromatic rings. The second-order valence-electron chi connectivity index (χ2n) is 9.14. The molecule has 3 heterocycles. The predicted octanol–water partition coefficient (Wildman–Crippen LogP) is 5.80. The van der Waals surface area contributed by atoms with Gasteiger partial charge in [-0.05, 0) is 68.7 Å². The second-order valence-corrected chi connectivity index (χ2v) is 10.1. The van der Waals surface area contributed by atoms with Gasteiger partial charge in [0.15, 0.2) is 11.5 Å². The fourth-order valence-electron chi connectivity index (χ4n) is 5.14. The van der Waals surface area contributed by atoms with Crippen LogP contribution in [0.4, 0.5) is 5.69 Å². The Morgan fingerprint density at radius 1 is 1.14 bits per heavy atom. The van der Waals surface area contributed by atoms with Gasteiger partial charge in [0.25, 0.3) is 5.91 Å². The molecule has 1 amide bonds. The topological polar surface area (TPSA) is 83.2 Å². The number of aliphatic hydroxyl groups excluding tert-OH is 1. The molecule has 5 rings (SSSR count). The molecule has 1 fully saturated rings. The summed E-state index contributed by atoms with van der Waals surface area (Å²) < 4.78 is 12.5. The van der Waals surface area contributed by atoms with Crippen molar-refractivity contribution in [2.24, 2.45) is 0 Å². The summed E-state index contributed by atoms with van der Waals surface area (Å²) in [6.45, 7) is 6.88. The third-order valence-corrected chi connectivity index (χ3v) is 7.51. The molecule has 2 aliphatic rings. The first-order chi connectivity index (χ1) is 17.4. The summed E-state index contributed by atoms with van der Waals surface area (Å²) in [6, 6.07) is 14.2. The Kier molecular flexibility index (Phi) is 6.90. The number of anilines is 1. The Balaban J connectivity index is 1.55. The molecule has 0 spiro atoms. The Morgan fingerprint density at radius 3 is 2.56 bits per heavy atom. The number of nitrogens with zero attached hydrogens (tertiary/aromatic N) is 2. The number of hydrogen-bond donors (Lipinski definition) is 1. The first-order valence-corrected chi connectivity index (χ1v) is 13.1. The molecular weight excluding hydrogens is 524 g/mol. The lowest BCUT2D eigenvalue weighted by molar-refractivity contribution is -0.131. The van der Waals surface area contributed by atoms with Gasteiger partial charge in [0.1, 0.15) is 5.58 Å². The van der Waals surface area contributed by atoms with Crippen molar-refractivity contribution in [3.8, 4) is 0 Å². The van der Waals surface area contributed by atoms with Crippen LogP contribution in [0.1, 0.15) is 48.8 Å². The number of rotatable bonds is 8. The van der Waals surface area contributed by atoms with Crippen LogP contribution in [0.5, 0.6) is 0 Å². The molecular formula is C28H29BrN2O5. The van der Waals surface area contributed by atoms with Crippen LogP contribution in [0.2, 0.25) is 0 Å². The number of halogens is 1. The molecule has 1 aromatic heterocycles. The maximum Gasteiger partial charge on any atom is 0.290 e. The van der Waals surface area contributed by atoms with Crippen LogP contribution in [0.25, 0.3) is 11.0 Å². The van der Waals surface area contributed by atoms with Gasteiger partial charge in [-0.2, -0.15) is 0 Å². The lowest BCUT2D eigenvalue weighted by atomic mass is 9.94. The fraction of sp³-hybridized carbons (Fsp3) is 0.357. The van der Waals surface area contributed by atoms with Crippen molar-refractivity contribution in [1.29, 1.82) is 0 Å². The van der Waals surface area contributed by atoms with Crippen molar-refractivity contribution in [2.45, 2.75) is 38.8 Å². The Labute approximate surface area is 218 Å². The monoisotopic (exact) mass is 552 g/mol. The van der Waals surface area contributed by atoms with Gasteiger partial charge in [0, 0.05) is 41.8 Å². The number of Topliss-reactive ketones (excluding diaryl/α,β-unsaturated/α-hetero) is 1. The second kappa shape index (κ2) is 10.1. The quantitative estimate of drug-likeness (QED) is 0.355. The number of furan rings is 1. The molecule has 0 saturated carbocycles.